The van der Waals surface area contributed by atoms with Gasteiger partial charge in [-0.05, 0) is 24.5 Å². The van der Waals surface area contributed by atoms with E-state index in [4.69, 9.17) is 9.47 Å². The van der Waals surface area contributed by atoms with Crippen molar-refractivity contribution in [2.75, 3.05) is 46.7 Å². The van der Waals surface area contributed by atoms with Crippen LogP contribution >= 0.6 is 0 Å². The number of ether oxygens (including phenoxy) is 2. The Morgan fingerprint density at radius 3 is 2.68 bits per heavy atom. The third-order valence-corrected chi connectivity index (χ3v) is 5.39. The van der Waals surface area contributed by atoms with E-state index in [-0.39, 0.29) is 11.9 Å². The molecule has 0 unspecified atom stereocenters. The summed E-state index contributed by atoms with van der Waals surface area (Å²) in [4.78, 5) is 24.7. The minimum atomic E-state index is -0.00603. The van der Waals surface area contributed by atoms with Crippen molar-refractivity contribution in [3.8, 4) is 23.3 Å². The van der Waals surface area contributed by atoms with Crippen LogP contribution in [0.1, 0.15) is 17.7 Å². The standard InChI is InChI=1S/C24H27N7O3/c1-30(2)9-8-21(32)31-10-7-17(14-31)27-24-22-20(25-15-26-23(22)28-29-24)6-5-16-11-18(33-3)13-19(12-16)34-4/h8-9,11-13,15,17H,7,10,14H2,1-4H3,(H2,25,26,27,28,29)/t17-/m0/s1. The molecule has 1 atom stereocenters. The molecule has 1 aliphatic rings. The van der Waals surface area contributed by atoms with Crippen LogP contribution in [-0.2, 0) is 4.79 Å². The summed E-state index contributed by atoms with van der Waals surface area (Å²) in [6.07, 6.45) is 5.60. The molecule has 0 aliphatic carbocycles. The number of likely N-dealkylation sites (tertiary alicyclic amines) is 1. The first-order valence-corrected chi connectivity index (χ1v) is 10.8. The Hall–Kier alpha value is -4.26. The van der Waals surface area contributed by atoms with Crippen molar-refractivity contribution in [1.29, 1.82) is 0 Å². The Morgan fingerprint density at radius 1 is 1.21 bits per heavy atom. The fourth-order valence-electron chi connectivity index (χ4n) is 3.66. The molecule has 2 N–H and O–H groups in total. The Balaban J connectivity index is 1.55. The van der Waals surface area contributed by atoms with E-state index in [9.17, 15) is 4.79 Å². The highest BCUT2D eigenvalue weighted by Crippen LogP contribution is 2.25. The van der Waals surface area contributed by atoms with Crippen LogP contribution in [0.15, 0.2) is 36.8 Å². The molecule has 1 aliphatic heterocycles. The molecule has 34 heavy (non-hydrogen) atoms. The average Bonchev–Trinajstić information content (AvgIpc) is 3.49. The van der Waals surface area contributed by atoms with Gasteiger partial charge in [-0.3, -0.25) is 9.89 Å². The van der Waals surface area contributed by atoms with Crippen LogP contribution in [0, 0.1) is 11.8 Å². The van der Waals surface area contributed by atoms with Crippen LogP contribution in [-0.4, -0.2) is 83.3 Å². The van der Waals surface area contributed by atoms with E-state index < -0.39 is 0 Å². The molecule has 176 valence electrons. The summed E-state index contributed by atoms with van der Waals surface area (Å²) >= 11 is 0. The lowest BCUT2D eigenvalue weighted by Crippen LogP contribution is -2.30. The number of anilines is 1. The van der Waals surface area contributed by atoms with Gasteiger partial charge in [0.05, 0.1) is 19.6 Å². The number of nitrogens with one attached hydrogen (secondary N) is 2. The van der Waals surface area contributed by atoms with Crippen molar-refractivity contribution in [2.45, 2.75) is 12.5 Å². The lowest BCUT2D eigenvalue weighted by Gasteiger charge is -2.15. The topological polar surface area (TPSA) is 108 Å². The minimum Gasteiger partial charge on any atom is -0.497 e. The van der Waals surface area contributed by atoms with Crippen molar-refractivity contribution >= 4 is 22.8 Å². The summed E-state index contributed by atoms with van der Waals surface area (Å²) in [5.41, 5.74) is 1.87. The number of carbonyl (C=O) groups excluding carboxylic acids is 1. The molecule has 4 rings (SSSR count). The first kappa shape index (κ1) is 22.9. The Labute approximate surface area is 198 Å². The van der Waals surface area contributed by atoms with Gasteiger partial charge in [0, 0.05) is 57.1 Å². The molecule has 1 fully saturated rings. The zero-order valence-corrected chi connectivity index (χ0v) is 19.6. The second-order valence-corrected chi connectivity index (χ2v) is 8.06. The molecule has 1 saturated heterocycles. The van der Waals surface area contributed by atoms with E-state index in [1.807, 2.05) is 36.0 Å². The maximum Gasteiger partial charge on any atom is 0.248 e. The number of aromatic amines is 1. The molecule has 2 aromatic heterocycles. The maximum atomic E-state index is 12.4. The summed E-state index contributed by atoms with van der Waals surface area (Å²) in [6.45, 7) is 1.26. The van der Waals surface area contributed by atoms with Crippen molar-refractivity contribution < 1.29 is 14.3 Å². The van der Waals surface area contributed by atoms with E-state index in [2.05, 4.69) is 37.3 Å². The van der Waals surface area contributed by atoms with Crippen molar-refractivity contribution in [3.63, 3.8) is 0 Å². The number of fused-ring (bicyclic) bond motifs is 1. The molecule has 1 amide bonds. The average molecular weight is 462 g/mol. The van der Waals surface area contributed by atoms with Gasteiger partial charge in [-0.25, -0.2) is 9.97 Å². The molecule has 0 bridgehead atoms. The number of carbonyl (C=O) groups is 1. The molecule has 0 spiro atoms. The van der Waals surface area contributed by atoms with Crippen molar-refractivity contribution in [1.82, 2.24) is 30.0 Å². The number of methoxy groups -OCH3 is 2. The second kappa shape index (κ2) is 10.1. The number of hydrogen-bond acceptors (Lipinski definition) is 8. The zero-order valence-electron chi connectivity index (χ0n) is 19.6. The number of H-pyrrole nitrogens is 1. The van der Waals surface area contributed by atoms with E-state index in [1.165, 1.54) is 6.33 Å². The summed E-state index contributed by atoms with van der Waals surface area (Å²) in [5, 5.41) is 11.5. The Morgan fingerprint density at radius 2 is 1.97 bits per heavy atom. The van der Waals surface area contributed by atoms with Crippen molar-refractivity contribution in [2.24, 2.45) is 0 Å². The molecule has 1 aromatic carbocycles. The summed E-state index contributed by atoms with van der Waals surface area (Å²) in [7, 11) is 6.96. The van der Waals surface area contributed by atoms with Gasteiger partial charge in [0.1, 0.15) is 23.5 Å². The number of hydrogen-bond donors (Lipinski definition) is 2. The highest BCUT2D eigenvalue weighted by atomic mass is 16.5. The normalized spacial score (nSPS) is 15.3. The number of nitrogens with zero attached hydrogens (tertiary/aromatic N) is 5. The highest BCUT2D eigenvalue weighted by molar-refractivity contribution is 5.91. The van der Waals surface area contributed by atoms with E-state index >= 15 is 0 Å². The lowest BCUT2D eigenvalue weighted by atomic mass is 10.2. The molecule has 10 heteroatoms. The minimum absolute atomic E-state index is 0.00603. The van der Waals surface area contributed by atoms with Gasteiger partial charge in [0.15, 0.2) is 11.5 Å². The second-order valence-electron chi connectivity index (χ2n) is 8.06. The molecular formula is C24H27N7O3. The lowest BCUT2D eigenvalue weighted by molar-refractivity contribution is -0.125. The molecule has 0 radical (unpaired) electrons. The summed E-state index contributed by atoms with van der Waals surface area (Å²) in [6, 6.07) is 5.51. The van der Waals surface area contributed by atoms with Crippen LogP contribution in [0.2, 0.25) is 0 Å². The Bertz CT molecular complexity index is 1250. The third-order valence-electron chi connectivity index (χ3n) is 5.39. The van der Waals surface area contributed by atoms with Gasteiger partial charge in [-0.15, -0.1) is 0 Å². The quantitative estimate of drug-likeness (QED) is 0.423. The fourth-order valence-corrected chi connectivity index (χ4v) is 3.66. The maximum absolute atomic E-state index is 12.4. The van der Waals surface area contributed by atoms with Gasteiger partial charge in [0.2, 0.25) is 5.91 Å². The van der Waals surface area contributed by atoms with Crippen molar-refractivity contribution in [3.05, 3.63) is 48.1 Å². The SMILES string of the molecule is COc1cc(C#Cc2ncnc3[nH]nc(N[C@H]4CCN(C(=O)C=CN(C)C)C4)c23)cc(OC)c1. The first-order valence-electron chi connectivity index (χ1n) is 10.8. The van der Waals surface area contributed by atoms with E-state index in [1.54, 1.807) is 32.6 Å². The van der Waals surface area contributed by atoms with Crippen LogP contribution in [0.5, 0.6) is 11.5 Å². The summed E-state index contributed by atoms with van der Waals surface area (Å²) < 4.78 is 10.6. The number of amides is 1. The van der Waals surface area contributed by atoms with Gasteiger partial charge >= 0.3 is 0 Å². The predicted molar refractivity (Wildman–Crippen MR) is 129 cm³/mol. The fraction of sp³-hybridized carbons (Fsp3) is 0.333. The first-order chi connectivity index (χ1) is 16.5. The monoisotopic (exact) mass is 461 g/mol. The Kier molecular flexibility index (Phi) is 6.82. The van der Waals surface area contributed by atoms with E-state index in [0.29, 0.717) is 47.1 Å². The number of rotatable bonds is 6. The summed E-state index contributed by atoms with van der Waals surface area (Å²) in [5.74, 6) is 8.17. The number of aromatic nitrogens is 4. The van der Waals surface area contributed by atoms with Crippen LogP contribution < -0.4 is 14.8 Å². The largest absolute Gasteiger partial charge is 0.497 e. The highest BCUT2D eigenvalue weighted by Gasteiger charge is 2.26. The number of benzene rings is 1. The molecule has 10 nitrogen and oxygen atoms in total. The van der Waals surface area contributed by atoms with Gasteiger partial charge in [0.25, 0.3) is 0 Å². The van der Waals surface area contributed by atoms with Gasteiger partial charge in [-0.2, -0.15) is 5.10 Å². The third kappa shape index (κ3) is 5.20. The molecule has 0 saturated carbocycles. The molecule has 3 aromatic rings. The van der Waals surface area contributed by atoms with Gasteiger partial charge < -0.3 is 24.6 Å². The van der Waals surface area contributed by atoms with E-state index in [0.717, 1.165) is 12.0 Å². The predicted octanol–water partition coefficient (Wildman–Crippen LogP) is 1.86. The van der Waals surface area contributed by atoms with Gasteiger partial charge in [-0.1, -0.05) is 5.92 Å². The zero-order chi connectivity index (χ0) is 24.1. The molecular weight excluding hydrogens is 434 g/mol. The smallest absolute Gasteiger partial charge is 0.248 e. The van der Waals surface area contributed by atoms with Crippen LogP contribution in [0.3, 0.4) is 0 Å². The molecule has 3 heterocycles. The van der Waals surface area contributed by atoms with Crippen LogP contribution in [0.25, 0.3) is 11.0 Å². The van der Waals surface area contributed by atoms with Crippen LogP contribution in [0.4, 0.5) is 5.82 Å².